The van der Waals surface area contributed by atoms with Gasteiger partial charge in [0.1, 0.15) is 18.9 Å². The summed E-state index contributed by atoms with van der Waals surface area (Å²) < 4.78 is 33.4. The molecule has 0 aromatic heterocycles. The molecule has 2 aromatic carbocycles. The Balaban J connectivity index is 2.03. The molecule has 158 valence electrons. The summed E-state index contributed by atoms with van der Waals surface area (Å²) in [7, 11) is -0.970. The van der Waals surface area contributed by atoms with Crippen molar-refractivity contribution in [2.24, 2.45) is 0 Å². The molecule has 0 unspecified atom stereocenters. The van der Waals surface area contributed by atoms with Crippen molar-refractivity contribution < 1.29 is 17.9 Å². The van der Waals surface area contributed by atoms with Gasteiger partial charge in [-0.1, -0.05) is 23.7 Å². The second-order valence-corrected chi connectivity index (χ2v) is 9.24. The number of halogens is 1. The van der Waals surface area contributed by atoms with Crippen molar-refractivity contribution in [1.29, 1.82) is 0 Å². The molecule has 0 aliphatic rings. The smallest absolute Gasteiger partial charge is 0.304 e. The molecule has 2 aromatic rings. The minimum atomic E-state index is -3.84. The summed E-state index contributed by atoms with van der Waals surface area (Å²) in [6, 6.07) is 12.4. The zero-order chi connectivity index (χ0) is 21.6. The average molecular weight is 440 g/mol. The van der Waals surface area contributed by atoms with Crippen LogP contribution in [0, 0.1) is 13.8 Å². The Morgan fingerprint density at radius 3 is 2.38 bits per heavy atom. The van der Waals surface area contributed by atoms with E-state index in [4.69, 9.17) is 16.3 Å². The number of hydrogen-bond acceptors (Lipinski definition) is 4. The fraction of sp³-hybridized carbons (Fsp3) is 0.350. The van der Waals surface area contributed by atoms with E-state index in [1.807, 2.05) is 26.0 Å². The average Bonchev–Trinajstić information content (AvgIpc) is 2.66. The number of aryl methyl sites for hydroxylation is 2. The van der Waals surface area contributed by atoms with Gasteiger partial charge in [0.25, 0.3) is 0 Å². The molecule has 0 radical (unpaired) electrons. The van der Waals surface area contributed by atoms with E-state index in [1.54, 1.807) is 30.3 Å². The van der Waals surface area contributed by atoms with Gasteiger partial charge in [0.2, 0.25) is 5.91 Å². The quantitative estimate of drug-likeness (QED) is 0.609. The van der Waals surface area contributed by atoms with Crippen LogP contribution in [-0.2, 0) is 15.0 Å². The predicted molar refractivity (Wildman–Crippen MR) is 116 cm³/mol. The third-order valence-electron chi connectivity index (χ3n) is 4.17. The lowest BCUT2D eigenvalue weighted by molar-refractivity contribution is -0.119. The zero-order valence-electron chi connectivity index (χ0n) is 17.0. The number of carbonyl (C=O) groups is 1. The molecule has 0 spiro atoms. The van der Waals surface area contributed by atoms with Gasteiger partial charge in [-0.25, -0.2) is 4.31 Å². The minimum absolute atomic E-state index is 0.240. The maximum Gasteiger partial charge on any atom is 0.304 e. The molecular weight excluding hydrogens is 414 g/mol. The maximum atomic E-state index is 12.8. The first kappa shape index (κ1) is 23.0. The van der Waals surface area contributed by atoms with Crippen LogP contribution in [0.15, 0.2) is 42.5 Å². The normalized spacial score (nSPS) is 11.4. The molecule has 0 aliphatic carbocycles. The number of anilines is 1. The standard InChI is InChI=1S/C20H26ClN3O4S/c1-15-5-6-16(2)19(13-15)24(29(26,27)23(3)4)14-20(25)22-11-12-28-18-9-7-17(21)8-10-18/h5-10,13H,11-12,14H2,1-4H3,(H,22,25). The van der Waals surface area contributed by atoms with Gasteiger partial charge in [-0.3, -0.25) is 4.79 Å². The Kier molecular flexibility index (Phi) is 7.89. The van der Waals surface area contributed by atoms with Gasteiger partial charge in [0.05, 0.1) is 12.2 Å². The largest absolute Gasteiger partial charge is 0.492 e. The Morgan fingerprint density at radius 1 is 1.10 bits per heavy atom. The molecule has 0 heterocycles. The van der Waals surface area contributed by atoms with Crippen molar-refractivity contribution in [3.05, 3.63) is 58.6 Å². The van der Waals surface area contributed by atoms with Crippen LogP contribution in [0.5, 0.6) is 5.75 Å². The number of rotatable bonds is 9. The first-order chi connectivity index (χ1) is 13.6. The molecule has 1 amide bonds. The van der Waals surface area contributed by atoms with Crippen LogP contribution in [0.2, 0.25) is 5.02 Å². The zero-order valence-corrected chi connectivity index (χ0v) is 18.5. The molecular formula is C20H26ClN3O4S. The van der Waals surface area contributed by atoms with Gasteiger partial charge >= 0.3 is 10.2 Å². The topological polar surface area (TPSA) is 79.0 Å². The Morgan fingerprint density at radius 2 is 1.76 bits per heavy atom. The first-order valence-corrected chi connectivity index (χ1v) is 10.8. The molecule has 0 fully saturated rings. The van der Waals surface area contributed by atoms with Crippen LogP contribution >= 0.6 is 11.6 Å². The minimum Gasteiger partial charge on any atom is -0.492 e. The molecule has 9 heteroatoms. The van der Waals surface area contributed by atoms with Crippen molar-refractivity contribution in [2.45, 2.75) is 13.8 Å². The van der Waals surface area contributed by atoms with Gasteiger partial charge < -0.3 is 10.1 Å². The molecule has 2 rings (SSSR count). The Hall–Kier alpha value is -2.29. The second-order valence-electron chi connectivity index (χ2n) is 6.74. The highest BCUT2D eigenvalue weighted by molar-refractivity contribution is 7.90. The van der Waals surface area contributed by atoms with Gasteiger partial charge in [-0.15, -0.1) is 0 Å². The van der Waals surface area contributed by atoms with Crippen molar-refractivity contribution in [3.8, 4) is 5.75 Å². The fourth-order valence-electron chi connectivity index (χ4n) is 2.55. The molecule has 0 saturated heterocycles. The van der Waals surface area contributed by atoms with E-state index in [9.17, 15) is 13.2 Å². The van der Waals surface area contributed by atoms with Crippen LogP contribution in [-0.4, -0.2) is 52.4 Å². The fourth-order valence-corrected chi connectivity index (χ4v) is 3.80. The van der Waals surface area contributed by atoms with Crippen LogP contribution in [0.4, 0.5) is 5.69 Å². The molecule has 29 heavy (non-hydrogen) atoms. The highest BCUT2D eigenvalue weighted by atomic mass is 35.5. The molecule has 0 aliphatic heterocycles. The third-order valence-corrected chi connectivity index (χ3v) is 6.22. The molecule has 0 atom stereocenters. The molecule has 0 bridgehead atoms. The van der Waals surface area contributed by atoms with E-state index >= 15 is 0 Å². The van der Waals surface area contributed by atoms with Gasteiger partial charge in [-0.2, -0.15) is 12.7 Å². The lowest BCUT2D eigenvalue weighted by Crippen LogP contribution is -2.46. The van der Waals surface area contributed by atoms with Gasteiger partial charge in [-0.05, 0) is 55.3 Å². The summed E-state index contributed by atoms with van der Waals surface area (Å²) in [5.41, 5.74) is 2.15. The molecule has 1 N–H and O–H groups in total. The third kappa shape index (κ3) is 6.35. The van der Waals surface area contributed by atoms with E-state index in [-0.39, 0.29) is 19.7 Å². The SMILES string of the molecule is Cc1ccc(C)c(N(CC(=O)NCCOc2ccc(Cl)cc2)S(=O)(=O)N(C)C)c1. The second kappa shape index (κ2) is 9.96. The van der Waals surface area contributed by atoms with Crippen molar-refractivity contribution >= 4 is 33.4 Å². The first-order valence-electron chi connectivity index (χ1n) is 9.04. The van der Waals surface area contributed by atoms with Crippen LogP contribution in [0.1, 0.15) is 11.1 Å². The van der Waals surface area contributed by atoms with E-state index < -0.39 is 16.1 Å². The summed E-state index contributed by atoms with van der Waals surface area (Å²) in [5.74, 6) is 0.215. The number of amides is 1. The number of nitrogens with one attached hydrogen (secondary N) is 1. The highest BCUT2D eigenvalue weighted by Crippen LogP contribution is 2.25. The summed E-state index contributed by atoms with van der Waals surface area (Å²) in [6.45, 7) is 3.84. The van der Waals surface area contributed by atoms with E-state index in [2.05, 4.69) is 5.32 Å². The van der Waals surface area contributed by atoms with Crippen LogP contribution in [0.25, 0.3) is 0 Å². The lowest BCUT2D eigenvalue weighted by atomic mass is 10.1. The molecule has 7 nitrogen and oxygen atoms in total. The van der Waals surface area contributed by atoms with Crippen molar-refractivity contribution in [1.82, 2.24) is 9.62 Å². The van der Waals surface area contributed by atoms with E-state index in [0.29, 0.717) is 16.5 Å². The predicted octanol–water partition coefficient (Wildman–Crippen LogP) is 2.76. The van der Waals surface area contributed by atoms with E-state index in [0.717, 1.165) is 19.7 Å². The number of ether oxygens (including phenoxy) is 1. The van der Waals surface area contributed by atoms with Gasteiger partial charge in [0.15, 0.2) is 0 Å². The van der Waals surface area contributed by atoms with Crippen molar-refractivity contribution in [3.63, 3.8) is 0 Å². The highest BCUT2D eigenvalue weighted by Gasteiger charge is 2.28. The number of carbonyl (C=O) groups excluding carboxylic acids is 1. The monoisotopic (exact) mass is 439 g/mol. The summed E-state index contributed by atoms with van der Waals surface area (Å²) in [6.07, 6.45) is 0. The number of nitrogens with zero attached hydrogens (tertiary/aromatic N) is 2. The Bertz CT molecular complexity index is 947. The van der Waals surface area contributed by atoms with Crippen molar-refractivity contribution in [2.75, 3.05) is 38.1 Å². The van der Waals surface area contributed by atoms with Gasteiger partial charge in [0, 0.05) is 19.1 Å². The summed E-state index contributed by atoms with van der Waals surface area (Å²) >= 11 is 5.82. The van der Waals surface area contributed by atoms with Crippen LogP contribution in [0.3, 0.4) is 0 Å². The summed E-state index contributed by atoms with van der Waals surface area (Å²) in [5, 5.41) is 3.31. The number of benzene rings is 2. The number of hydrogen-bond donors (Lipinski definition) is 1. The van der Waals surface area contributed by atoms with Crippen LogP contribution < -0.4 is 14.4 Å². The lowest BCUT2D eigenvalue weighted by Gasteiger charge is -2.28. The Labute approximate surface area is 177 Å². The molecule has 0 saturated carbocycles. The summed E-state index contributed by atoms with van der Waals surface area (Å²) in [4.78, 5) is 12.4. The maximum absolute atomic E-state index is 12.8. The van der Waals surface area contributed by atoms with E-state index in [1.165, 1.54) is 14.1 Å².